The normalized spacial score (nSPS) is 16.0. The SMILES string of the molecule is C1=C\c2c(n3c4cnccc4c4cc5oc6cc7c8ccncc8n8c9cnccc9c(c6c5c2c43)c78)/C=C\CC/1. The minimum absolute atomic E-state index is 0.906. The summed E-state index contributed by atoms with van der Waals surface area (Å²) in [6.45, 7) is 0. The van der Waals surface area contributed by atoms with Crippen LogP contribution in [0.15, 0.2) is 84.1 Å². The minimum Gasteiger partial charge on any atom is -0.456 e. The van der Waals surface area contributed by atoms with Crippen LogP contribution < -0.4 is 0 Å². The number of hydrogen-bond donors (Lipinski definition) is 0. The molecule has 2 aromatic carbocycles. The molecule has 8 heterocycles. The fourth-order valence-electron chi connectivity index (χ4n) is 7.74. The smallest absolute Gasteiger partial charge is 0.136 e. The first kappa shape index (κ1) is 20.4. The standard InChI is InChI=1S/C35H19N5O/c1-2-4-6-24-20(5-3-1)30-32-28(13-22-18-7-10-36-15-25(18)39(24)34(22)30)41-29-14-23-19-8-11-37-16-26(19)40-27-17-38-12-9-21(27)31(33(29)32)35(23)40/h3-17H,1-2H2/b5-3-,6-4-. The van der Waals surface area contributed by atoms with Crippen LogP contribution in [0.1, 0.15) is 24.1 Å². The molecule has 0 saturated carbocycles. The highest BCUT2D eigenvalue weighted by Gasteiger charge is 2.28. The van der Waals surface area contributed by atoms with Crippen molar-refractivity contribution in [3.8, 4) is 0 Å². The first-order valence-corrected chi connectivity index (χ1v) is 14.0. The van der Waals surface area contributed by atoms with Gasteiger partial charge in [-0.25, -0.2) is 0 Å². The number of hydrogen-bond acceptors (Lipinski definition) is 4. The fourth-order valence-corrected chi connectivity index (χ4v) is 7.74. The molecule has 8 aromatic heterocycles. The number of rotatable bonds is 0. The van der Waals surface area contributed by atoms with Crippen LogP contribution in [-0.2, 0) is 0 Å². The van der Waals surface area contributed by atoms with E-state index < -0.39 is 0 Å². The lowest BCUT2D eigenvalue weighted by Gasteiger charge is -2.03. The third-order valence-corrected chi connectivity index (χ3v) is 9.26. The Morgan fingerprint density at radius 2 is 1.12 bits per heavy atom. The molecule has 10 aromatic rings. The largest absolute Gasteiger partial charge is 0.456 e. The monoisotopic (exact) mass is 525 g/mol. The Labute approximate surface area is 231 Å². The summed E-state index contributed by atoms with van der Waals surface area (Å²) in [5.74, 6) is 0. The Kier molecular flexibility index (Phi) is 3.38. The molecular formula is C35H19N5O. The highest BCUT2D eigenvalue weighted by Crippen LogP contribution is 2.50. The van der Waals surface area contributed by atoms with Crippen LogP contribution in [0.3, 0.4) is 0 Å². The van der Waals surface area contributed by atoms with E-state index in [4.69, 9.17) is 4.42 Å². The Hall–Kier alpha value is -5.49. The van der Waals surface area contributed by atoms with Crippen LogP contribution in [0.2, 0.25) is 0 Å². The molecular weight excluding hydrogens is 506 g/mol. The number of pyridine rings is 3. The van der Waals surface area contributed by atoms with E-state index in [0.29, 0.717) is 0 Å². The number of allylic oxidation sites excluding steroid dienone is 2. The molecule has 0 atom stereocenters. The summed E-state index contributed by atoms with van der Waals surface area (Å²) in [4.78, 5) is 13.5. The molecule has 0 saturated heterocycles. The Balaban J connectivity index is 1.50. The third-order valence-electron chi connectivity index (χ3n) is 9.26. The number of fused-ring (bicyclic) bond motifs is 17. The van der Waals surface area contributed by atoms with E-state index in [1.807, 2.05) is 37.2 Å². The lowest BCUT2D eigenvalue weighted by atomic mass is 9.97. The van der Waals surface area contributed by atoms with Gasteiger partial charge in [0.25, 0.3) is 0 Å². The van der Waals surface area contributed by atoms with Gasteiger partial charge < -0.3 is 13.2 Å². The summed E-state index contributed by atoms with van der Waals surface area (Å²) in [5.41, 5.74) is 9.99. The maximum absolute atomic E-state index is 6.86. The second-order valence-electron chi connectivity index (χ2n) is 11.2. The molecule has 0 bridgehead atoms. The summed E-state index contributed by atoms with van der Waals surface area (Å²) in [6, 6.07) is 10.9. The van der Waals surface area contributed by atoms with Crippen LogP contribution in [0.25, 0.3) is 99.4 Å². The summed E-state index contributed by atoms with van der Waals surface area (Å²) in [6.07, 6.45) is 22.8. The van der Waals surface area contributed by atoms with E-state index in [-0.39, 0.29) is 0 Å². The fraction of sp³-hybridized carbons (Fsp3) is 0.0571. The number of aromatic nitrogens is 5. The van der Waals surface area contributed by atoms with Gasteiger partial charge in [0.05, 0.1) is 51.9 Å². The molecule has 6 nitrogen and oxygen atoms in total. The van der Waals surface area contributed by atoms with Gasteiger partial charge in [-0.1, -0.05) is 18.2 Å². The quantitative estimate of drug-likeness (QED) is 0.199. The molecule has 0 radical (unpaired) electrons. The molecule has 190 valence electrons. The summed E-state index contributed by atoms with van der Waals surface area (Å²) >= 11 is 0. The van der Waals surface area contributed by atoms with Crippen molar-refractivity contribution in [1.82, 2.24) is 23.8 Å². The van der Waals surface area contributed by atoms with Crippen molar-refractivity contribution in [3.63, 3.8) is 0 Å². The molecule has 6 heteroatoms. The van der Waals surface area contributed by atoms with E-state index in [1.165, 1.54) is 65.4 Å². The molecule has 11 rings (SSSR count). The number of benzene rings is 2. The molecule has 0 aliphatic heterocycles. The molecule has 1 aliphatic carbocycles. The molecule has 41 heavy (non-hydrogen) atoms. The summed E-state index contributed by atoms with van der Waals surface area (Å²) in [5, 5.41) is 10.7. The third kappa shape index (κ3) is 2.21. The molecule has 1 aliphatic rings. The van der Waals surface area contributed by atoms with Crippen LogP contribution in [0, 0.1) is 0 Å². The second-order valence-corrected chi connectivity index (χ2v) is 11.2. The van der Waals surface area contributed by atoms with Crippen LogP contribution in [-0.4, -0.2) is 23.8 Å². The second kappa shape index (κ2) is 6.80. The van der Waals surface area contributed by atoms with Crippen molar-refractivity contribution in [3.05, 3.63) is 90.9 Å². The van der Waals surface area contributed by atoms with E-state index in [0.717, 1.165) is 45.9 Å². The number of furan rings is 1. The van der Waals surface area contributed by atoms with Crippen molar-refractivity contribution >= 4 is 99.4 Å². The van der Waals surface area contributed by atoms with Crippen LogP contribution in [0.4, 0.5) is 0 Å². The van der Waals surface area contributed by atoms with E-state index in [1.54, 1.807) is 0 Å². The van der Waals surface area contributed by atoms with Crippen molar-refractivity contribution in [2.45, 2.75) is 12.8 Å². The van der Waals surface area contributed by atoms with E-state index in [9.17, 15) is 0 Å². The van der Waals surface area contributed by atoms with Gasteiger partial charge in [-0.2, -0.15) is 0 Å². The lowest BCUT2D eigenvalue weighted by Crippen LogP contribution is -1.88. The van der Waals surface area contributed by atoms with E-state index >= 15 is 0 Å². The Morgan fingerprint density at radius 1 is 0.561 bits per heavy atom. The van der Waals surface area contributed by atoms with Gasteiger partial charge in [-0.15, -0.1) is 0 Å². The van der Waals surface area contributed by atoms with Gasteiger partial charge in [0, 0.05) is 72.6 Å². The Morgan fingerprint density at radius 3 is 1.83 bits per heavy atom. The van der Waals surface area contributed by atoms with Crippen LogP contribution >= 0.6 is 0 Å². The van der Waals surface area contributed by atoms with Gasteiger partial charge in [0.1, 0.15) is 11.2 Å². The van der Waals surface area contributed by atoms with Gasteiger partial charge in [-0.05, 0) is 49.2 Å². The van der Waals surface area contributed by atoms with Crippen molar-refractivity contribution in [2.75, 3.05) is 0 Å². The van der Waals surface area contributed by atoms with Gasteiger partial charge in [-0.3, -0.25) is 15.0 Å². The highest BCUT2D eigenvalue weighted by molar-refractivity contribution is 6.39. The minimum atomic E-state index is 0.906. The van der Waals surface area contributed by atoms with Gasteiger partial charge in [0.15, 0.2) is 0 Å². The predicted molar refractivity (Wildman–Crippen MR) is 166 cm³/mol. The zero-order valence-corrected chi connectivity index (χ0v) is 21.7. The molecule has 0 unspecified atom stereocenters. The van der Waals surface area contributed by atoms with Gasteiger partial charge >= 0.3 is 0 Å². The average molecular weight is 526 g/mol. The van der Waals surface area contributed by atoms with Crippen molar-refractivity contribution in [2.24, 2.45) is 0 Å². The maximum Gasteiger partial charge on any atom is 0.136 e. The van der Waals surface area contributed by atoms with E-state index in [2.05, 4.69) is 78.4 Å². The summed E-state index contributed by atoms with van der Waals surface area (Å²) in [7, 11) is 0. The summed E-state index contributed by atoms with van der Waals surface area (Å²) < 4.78 is 11.6. The molecule has 0 amide bonds. The van der Waals surface area contributed by atoms with Crippen molar-refractivity contribution < 1.29 is 4.42 Å². The number of nitrogens with zero attached hydrogens (tertiary/aromatic N) is 5. The first-order chi connectivity index (χ1) is 20.4. The zero-order valence-electron chi connectivity index (χ0n) is 21.7. The zero-order chi connectivity index (χ0) is 26.4. The Bertz CT molecular complexity index is 2810. The molecule has 0 N–H and O–H groups in total. The molecule has 0 fully saturated rings. The average Bonchev–Trinajstić information content (AvgIpc) is 3.76. The predicted octanol–water partition coefficient (Wildman–Crippen LogP) is 8.74. The topological polar surface area (TPSA) is 60.6 Å². The van der Waals surface area contributed by atoms with Gasteiger partial charge in [0.2, 0.25) is 0 Å². The van der Waals surface area contributed by atoms with Crippen molar-refractivity contribution in [1.29, 1.82) is 0 Å². The highest BCUT2D eigenvalue weighted by atomic mass is 16.3. The van der Waals surface area contributed by atoms with Crippen LogP contribution in [0.5, 0.6) is 0 Å². The first-order valence-electron chi connectivity index (χ1n) is 14.0. The lowest BCUT2D eigenvalue weighted by molar-refractivity contribution is 0.670. The molecule has 0 spiro atoms. The maximum atomic E-state index is 6.86.